The minimum atomic E-state index is -0.221. The fourth-order valence-corrected chi connectivity index (χ4v) is 3.60. The molecule has 6 nitrogen and oxygen atoms in total. The summed E-state index contributed by atoms with van der Waals surface area (Å²) in [6.07, 6.45) is 4.85. The standard InChI is InChI=1S/C24H34N4O2/c1-6-18(3)27(24(30)25-22-11-7-9-17(2)19(22)4)16-23(29)28(20-12-13-20)15-21-10-8-14-26(21)5/h7-11,14,18,20H,6,12-13,15-16H2,1-5H3,(H,25,30). The maximum atomic E-state index is 13.3. The molecule has 162 valence electrons. The van der Waals surface area contributed by atoms with Crippen molar-refractivity contribution in [2.24, 2.45) is 7.05 Å². The van der Waals surface area contributed by atoms with Crippen molar-refractivity contribution >= 4 is 17.6 Å². The molecule has 0 radical (unpaired) electrons. The van der Waals surface area contributed by atoms with E-state index >= 15 is 0 Å². The Morgan fingerprint density at radius 2 is 1.93 bits per heavy atom. The van der Waals surface area contributed by atoms with Gasteiger partial charge in [0.25, 0.3) is 0 Å². The molecule has 1 fully saturated rings. The van der Waals surface area contributed by atoms with E-state index in [0.717, 1.165) is 41.8 Å². The van der Waals surface area contributed by atoms with Crippen molar-refractivity contribution in [1.82, 2.24) is 14.4 Å². The molecule has 0 spiro atoms. The summed E-state index contributed by atoms with van der Waals surface area (Å²) >= 11 is 0. The number of rotatable bonds is 8. The normalized spacial score (nSPS) is 14.3. The average molecular weight is 411 g/mol. The summed E-state index contributed by atoms with van der Waals surface area (Å²) < 4.78 is 2.04. The first-order valence-electron chi connectivity index (χ1n) is 10.8. The Bertz CT molecular complexity index is 900. The maximum Gasteiger partial charge on any atom is 0.322 e. The lowest BCUT2D eigenvalue weighted by atomic mass is 10.1. The molecule has 3 amide bonds. The van der Waals surface area contributed by atoms with E-state index in [9.17, 15) is 9.59 Å². The van der Waals surface area contributed by atoms with Crippen molar-refractivity contribution in [1.29, 1.82) is 0 Å². The first kappa shape index (κ1) is 21.9. The zero-order valence-electron chi connectivity index (χ0n) is 18.8. The monoisotopic (exact) mass is 410 g/mol. The molecule has 1 atom stereocenters. The van der Waals surface area contributed by atoms with E-state index < -0.39 is 0 Å². The number of hydrogen-bond donors (Lipinski definition) is 1. The molecule has 1 aromatic heterocycles. The highest BCUT2D eigenvalue weighted by atomic mass is 16.2. The van der Waals surface area contributed by atoms with Crippen molar-refractivity contribution in [2.45, 2.75) is 65.6 Å². The number of benzene rings is 1. The molecule has 1 unspecified atom stereocenters. The van der Waals surface area contributed by atoms with Gasteiger partial charge in [0.1, 0.15) is 6.54 Å². The molecule has 1 saturated carbocycles. The van der Waals surface area contributed by atoms with Gasteiger partial charge in [-0.25, -0.2) is 4.79 Å². The third-order valence-electron chi connectivity index (χ3n) is 6.23. The number of anilines is 1. The van der Waals surface area contributed by atoms with Crippen LogP contribution in [0.3, 0.4) is 0 Å². The molecule has 0 aliphatic heterocycles. The summed E-state index contributed by atoms with van der Waals surface area (Å²) in [6.45, 7) is 8.73. The Balaban J connectivity index is 1.74. The zero-order chi connectivity index (χ0) is 21.8. The number of amides is 3. The number of carbonyl (C=O) groups is 2. The lowest BCUT2D eigenvalue weighted by Gasteiger charge is -2.31. The third kappa shape index (κ3) is 5.04. The highest BCUT2D eigenvalue weighted by Crippen LogP contribution is 2.29. The Labute approximate surface area is 179 Å². The minimum absolute atomic E-state index is 0.00936. The summed E-state index contributed by atoms with van der Waals surface area (Å²) in [5.74, 6) is 0.00936. The van der Waals surface area contributed by atoms with Gasteiger partial charge < -0.3 is 19.7 Å². The molecule has 1 aliphatic carbocycles. The quantitative estimate of drug-likeness (QED) is 0.698. The Hall–Kier alpha value is -2.76. The van der Waals surface area contributed by atoms with Crippen LogP contribution in [0.4, 0.5) is 10.5 Å². The number of nitrogens with one attached hydrogen (secondary N) is 1. The zero-order valence-corrected chi connectivity index (χ0v) is 18.8. The summed E-state index contributed by atoms with van der Waals surface area (Å²) in [5, 5.41) is 3.02. The van der Waals surface area contributed by atoms with Crippen molar-refractivity contribution < 1.29 is 9.59 Å². The molecule has 1 aliphatic rings. The molecule has 0 bridgehead atoms. The van der Waals surface area contributed by atoms with E-state index in [4.69, 9.17) is 0 Å². The first-order chi connectivity index (χ1) is 14.3. The predicted molar refractivity (Wildman–Crippen MR) is 120 cm³/mol. The van der Waals surface area contributed by atoms with Gasteiger partial charge in [0, 0.05) is 36.7 Å². The van der Waals surface area contributed by atoms with Crippen LogP contribution in [0.2, 0.25) is 0 Å². The highest BCUT2D eigenvalue weighted by Gasteiger charge is 2.35. The number of hydrogen-bond acceptors (Lipinski definition) is 2. The Morgan fingerprint density at radius 1 is 1.20 bits per heavy atom. The molecular weight excluding hydrogens is 376 g/mol. The average Bonchev–Trinajstić information content (AvgIpc) is 3.48. The smallest absolute Gasteiger partial charge is 0.322 e. The molecule has 2 aromatic rings. The van der Waals surface area contributed by atoms with Gasteiger partial charge in [0.2, 0.25) is 5.91 Å². The van der Waals surface area contributed by atoms with E-state index in [1.165, 1.54) is 0 Å². The van der Waals surface area contributed by atoms with Gasteiger partial charge in [-0.2, -0.15) is 0 Å². The van der Waals surface area contributed by atoms with Crippen molar-refractivity contribution in [3.63, 3.8) is 0 Å². The Kier molecular flexibility index (Phi) is 6.85. The molecule has 0 saturated heterocycles. The fourth-order valence-electron chi connectivity index (χ4n) is 3.60. The fraction of sp³-hybridized carbons (Fsp3) is 0.500. The van der Waals surface area contributed by atoms with E-state index in [1.807, 2.05) is 80.7 Å². The van der Waals surface area contributed by atoms with Crippen LogP contribution in [0.15, 0.2) is 36.5 Å². The SMILES string of the molecule is CCC(C)N(CC(=O)N(Cc1cccn1C)C1CC1)C(=O)Nc1cccc(C)c1C. The lowest BCUT2D eigenvalue weighted by Crippen LogP contribution is -2.48. The summed E-state index contributed by atoms with van der Waals surface area (Å²) in [7, 11) is 1.99. The number of aryl methyl sites for hydroxylation is 2. The minimum Gasteiger partial charge on any atom is -0.353 e. The number of nitrogens with zero attached hydrogens (tertiary/aromatic N) is 3. The second-order valence-electron chi connectivity index (χ2n) is 8.43. The number of carbonyl (C=O) groups excluding carboxylic acids is 2. The van der Waals surface area contributed by atoms with E-state index in [0.29, 0.717) is 6.54 Å². The predicted octanol–water partition coefficient (Wildman–Crippen LogP) is 4.47. The molecule has 1 heterocycles. The molecule has 6 heteroatoms. The molecule has 1 N–H and O–H groups in total. The highest BCUT2D eigenvalue weighted by molar-refractivity contribution is 5.93. The largest absolute Gasteiger partial charge is 0.353 e. The molecular formula is C24H34N4O2. The third-order valence-corrected chi connectivity index (χ3v) is 6.23. The number of urea groups is 1. The van der Waals surface area contributed by atoms with Gasteiger partial charge in [-0.15, -0.1) is 0 Å². The van der Waals surface area contributed by atoms with Gasteiger partial charge in [-0.3, -0.25) is 4.79 Å². The topological polar surface area (TPSA) is 57.6 Å². The van der Waals surface area contributed by atoms with Crippen LogP contribution in [-0.4, -0.2) is 44.9 Å². The summed E-state index contributed by atoms with van der Waals surface area (Å²) in [5.41, 5.74) is 4.07. The second-order valence-corrected chi connectivity index (χ2v) is 8.43. The van der Waals surface area contributed by atoms with E-state index in [1.54, 1.807) is 4.90 Å². The first-order valence-corrected chi connectivity index (χ1v) is 10.8. The van der Waals surface area contributed by atoms with Crippen LogP contribution >= 0.6 is 0 Å². The van der Waals surface area contributed by atoms with Crippen molar-refractivity contribution in [2.75, 3.05) is 11.9 Å². The molecule has 30 heavy (non-hydrogen) atoms. The van der Waals surface area contributed by atoms with E-state index in [-0.39, 0.29) is 30.6 Å². The summed E-state index contributed by atoms with van der Waals surface area (Å²) in [4.78, 5) is 30.0. The van der Waals surface area contributed by atoms with Crippen LogP contribution < -0.4 is 5.32 Å². The maximum absolute atomic E-state index is 13.3. The lowest BCUT2D eigenvalue weighted by molar-refractivity contribution is -0.133. The van der Waals surface area contributed by atoms with Crippen molar-refractivity contribution in [3.8, 4) is 0 Å². The van der Waals surface area contributed by atoms with Gasteiger partial charge in [-0.1, -0.05) is 19.1 Å². The number of aromatic nitrogens is 1. The van der Waals surface area contributed by atoms with Gasteiger partial charge in [-0.05, 0) is 69.4 Å². The second kappa shape index (κ2) is 9.37. The van der Waals surface area contributed by atoms with Crippen LogP contribution in [0.1, 0.15) is 49.9 Å². The van der Waals surface area contributed by atoms with Crippen LogP contribution in [0, 0.1) is 13.8 Å². The van der Waals surface area contributed by atoms with Crippen LogP contribution in [0.25, 0.3) is 0 Å². The van der Waals surface area contributed by atoms with Gasteiger partial charge in [0.15, 0.2) is 0 Å². The van der Waals surface area contributed by atoms with Gasteiger partial charge in [0.05, 0.1) is 6.54 Å². The van der Waals surface area contributed by atoms with Gasteiger partial charge >= 0.3 is 6.03 Å². The van der Waals surface area contributed by atoms with Crippen LogP contribution in [0.5, 0.6) is 0 Å². The molecule has 1 aromatic carbocycles. The van der Waals surface area contributed by atoms with Crippen LogP contribution in [-0.2, 0) is 18.4 Å². The summed E-state index contributed by atoms with van der Waals surface area (Å²) in [6, 6.07) is 9.94. The molecule has 3 rings (SSSR count). The Morgan fingerprint density at radius 3 is 2.53 bits per heavy atom. The van der Waals surface area contributed by atoms with E-state index in [2.05, 4.69) is 5.32 Å². The van der Waals surface area contributed by atoms with Crippen molar-refractivity contribution in [3.05, 3.63) is 53.3 Å².